The van der Waals surface area contributed by atoms with Crippen molar-refractivity contribution in [2.24, 2.45) is 9.98 Å². The highest BCUT2D eigenvalue weighted by Gasteiger charge is 2.28. The van der Waals surface area contributed by atoms with Crippen molar-refractivity contribution in [1.29, 1.82) is 0 Å². The molecule has 1 saturated heterocycles. The molecule has 1 unspecified atom stereocenters. The number of oxazole rings is 1. The number of imidazole rings is 1. The number of hydrogen-bond donors (Lipinski definition) is 3. The van der Waals surface area contributed by atoms with Crippen molar-refractivity contribution in [2.75, 3.05) is 26.2 Å². The largest absolute Gasteiger partial charge is 0.508 e. The molecule has 0 amide bonds. The highest BCUT2D eigenvalue weighted by molar-refractivity contribution is 7.87. The molecule has 162 valence electrons. The van der Waals surface area contributed by atoms with Crippen molar-refractivity contribution in [3.05, 3.63) is 42.4 Å². The maximum atomic E-state index is 11.8. The minimum Gasteiger partial charge on any atom is -0.508 e. The van der Waals surface area contributed by atoms with E-state index in [4.69, 9.17) is 4.42 Å². The van der Waals surface area contributed by atoms with Crippen molar-refractivity contribution in [3.63, 3.8) is 0 Å². The molecule has 0 radical (unpaired) electrons. The Kier molecular flexibility index (Phi) is 4.96. The number of nitrogens with zero attached hydrogens (tertiary/aromatic N) is 5. The average molecular weight is 443 g/mol. The molecule has 4 heterocycles. The molecule has 1 aromatic carbocycles. The van der Waals surface area contributed by atoms with Crippen LogP contribution in [0, 0.1) is 0 Å². The highest BCUT2D eigenvalue weighted by Crippen LogP contribution is 2.32. The van der Waals surface area contributed by atoms with Crippen molar-refractivity contribution in [1.82, 2.24) is 23.7 Å². The van der Waals surface area contributed by atoms with Crippen LogP contribution in [0.4, 0.5) is 0 Å². The Morgan fingerprint density at radius 1 is 1.35 bits per heavy atom. The van der Waals surface area contributed by atoms with Crippen LogP contribution in [-0.4, -0.2) is 65.6 Å². The van der Waals surface area contributed by atoms with Gasteiger partial charge < -0.3 is 14.8 Å². The number of aromatic hydroxyl groups is 1. The number of nitrogens with one attached hydrogen (secondary N) is 2. The smallest absolute Gasteiger partial charge is 0.306 e. The quantitative estimate of drug-likeness (QED) is 0.536. The van der Waals surface area contributed by atoms with Crippen molar-refractivity contribution in [3.8, 4) is 17.0 Å². The van der Waals surface area contributed by atoms with E-state index >= 15 is 0 Å². The molecule has 0 saturated carbocycles. The Labute approximate surface area is 178 Å². The predicted octanol–water partition coefficient (Wildman–Crippen LogP) is 0.911. The summed E-state index contributed by atoms with van der Waals surface area (Å²) in [6, 6.07) is 6.72. The fourth-order valence-corrected chi connectivity index (χ4v) is 4.96. The van der Waals surface area contributed by atoms with Gasteiger partial charge in [0.1, 0.15) is 12.0 Å². The Bertz CT molecular complexity index is 1280. The van der Waals surface area contributed by atoms with Gasteiger partial charge in [-0.1, -0.05) is 12.1 Å². The summed E-state index contributed by atoms with van der Waals surface area (Å²) in [4.78, 5) is 13.3. The van der Waals surface area contributed by atoms with Gasteiger partial charge in [0.15, 0.2) is 0 Å². The van der Waals surface area contributed by atoms with Gasteiger partial charge in [-0.2, -0.15) is 17.7 Å². The third kappa shape index (κ3) is 3.80. The number of fused-ring (bicyclic) bond motifs is 1. The van der Waals surface area contributed by atoms with E-state index in [1.807, 2.05) is 10.5 Å². The zero-order chi connectivity index (χ0) is 21.4. The predicted molar refractivity (Wildman–Crippen MR) is 114 cm³/mol. The zero-order valence-corrected chi connectivity index (χ0v) is 17.3. The van der Waals surface area contributed by atoms with Crippen LogP contribution < -0.4 is 10.0 Å². The molecule has 2 aliphatic rings. The van der Waals surface area contributed by atoms with E-state index in [2.05, 4.69) is 25.0 Å². The molecule has 31 heavy (non-hydrogen) atoms. The number of guanidine groups is 1. The van der Waals surface area contributed by atoms with E-state index in [1.54, 1.807) is 36.9 Å². The highest BCUT2D eigenvalue weighted by atomic mass is 32.2. The first-order chi connectivity index (χ1) is 15.0. The minimum atomic E-state index is -3.38. The first kappa shape index (κ1) is 19.7. The van der Waals surface area contributed by atoms with Gasteiger partial charge in [0.25, 0.3) is 10.2 Å². The SMILES string of the molecule is O=S1(=O)NCCN1CCN=C1N=CCC(c2c(-c3cccc(O)c3)nc3occn23)N1. The third-order valence-electron chi connectivity index (χ3n) is 5.20. The molecule has 0 aliphatic carbocycles. The van der Waals surface area contributed by atoms with Crippen LogP contribution >= 0.6 is 0 Å². The first-order valence-electron chi connectivity index (χ1n) is 9.84. The summed E-state index contributed by atoms with van der Waals surface area (Å²) in [7, 11) is -3.38. The summed E-state index contributed by atoms with van der Waals surface area (Å²) in [5, 5.41) is 13.2. The normalized spacial score (nSPS) is 22.3. The summed E-state index contributed by atoms with van der Waals surface area (Å²) >= 11 is 0. The molecule has 0 bridgehead atoms. The molecule has 0 spiro atoms. The van der Waals surface area contributed by atoms with Crippen LogP contribution in [0.25, 0.3) is 17.1 Å². The van der Waals surface area contributed by atoms with Crippen LogP contribution in [0.1, 0.15) is 18.2 Å². The number of aliphatic imine (C=N–C) groups is 2. The van der Waals surface area contributed by atoms with Gasteiger partial charge in [0.05, 0.1) is 24.0 Å². The molecule has 1 fully saturated rings. The van der Waals surface area contributed by atoms with Crippen LogP contribution in [-0.2, 0) is 10.2 Å². The average Bonchev–Trinajstić information content (AvgIpc) is 3.42. The van der Waals surface area contributed by atoms with Gasteiger partial charge in [0.2, 0.25) is 5.96 Å². The van der Waals surface area contributed by atoms with Crippen molar-refractivity contribution in [2.45, 2.75) is 12.5 Å². The lowest BCUT2D eigenvalue weighted by Crippen LogP contribution is -2.34. The second kappa shape index (κ2) is 7.80. The molecular formula is C19H21N7O4S. The van der Waals surface area contributed by atoms with Crippen LogP contribution in [0.5, 0.6) is 5.75 Å². The van der Waals surface area contributed by atoms with Crippen molar-refractivity contribution >= 4 is 28.2 Å². The molecule has 11 nitrogen and oxygen atoms in total. The first-order valence-corrected chi connectivity index (χ1v) is 11.3. The molecule has 1 atom stereocenters. The molecule has 5 rings (SSSR count). The van der Waals surface area contributed by atoms with Crippen LogP contribution in [0.3, 0.4) is 0 Å². The van der Waals surface area contributed by atoms with Gasteiger partial charge >= 0.3 is 5.84 Å². The Hall–Kier alpha value is -3.22. The molecule has 2 aliphatic heterocycles. The monoisotopic (exact) mass is 443 g/mol. The van der Waals surface area contributed by atoms with Gasteiger partial charge in [0, 0.05) is 44.0 Å². The second-order valence-corrected chi connectivity index (χ2v) is 8.95. The van der Waals surface area contributed by atoms with E-state index in [0.29, 0.717) is 43.6 Å². The van der Waals surface area contributed by atoms with Crippen LogP contribution in [0.15, 0.2) is 51.1 Å². The summed E-state index contributed by atoms with van der Waals surface area (Å²) in [5.74, 6) is 1.03. The third-order valence-corrected chi connectivity index (χ3v) is 6.82. The molecule has 3 aromatic rings. The number of rotatable bonds is 5. The summed E-state index contributed by atoms with van der Waals surface area (Å²) in [6.07, 6.45) is 5.74. The van der Waals surface area contributed by atoms with E-state index < -0.39 is 10.2 Å². The Morgan fingerprint density at radius 3 is 3.06 bits per heavy atom. The van der Waals surface area contributed by atoms with Gasteiger partial charge in [-0.25, -0.2) is 14.7 Å². The fourth-order valence-electron chi connectivity index (χ4n) is 3.78. The van der Waals surface area contributed by atoms with E-state index in [0.717, 1.165) is 11.3 Å². The second-order valence-electron chi connectivity index (χ2n) is 7.20. The lowest BCUT2D eigenvalue weighted by Gasteiger charge is -2.22. The number of phenolic OH excluding ortho intramolecular Hbond substituents is 1. The molecule has 2 aromatic heterocycles. The number of phenols is 1. The van der Waals surface area contributed by atoms with E-state index in [1.165, 1.54) is 4.31 Å². The summed E-state index contributed by atoms with van der Waals surface area (Å²) in [6.45, 7) is 1.43. The lowest BCUT2D eigenvalue weighted by atomic mass is 10.0. The van der Waals surface area contributed by atoms with Gasteiger partial charge in [-0.3, -0.25) is 4.40 Å². The zero-order valence-electron chi connectivity index (χ0n) is 16.5. The van der Waals surface area contributed by atoms with Crippen LogP contribution in [0.2, 0.25) is 0 Å². The summed E-state index contributed by atoms with van der Waals surface area (Å²) < 4.78 is 34.8. The summed E-state index contributed by atoms with van der Waals surface area (Å²) in [5.41, 5.74) is 2.32. The lowest BCUT2D eigenvalue weighted by molar-refractivity contribution is 0.457. The van der Waals surface area contributed by atoms with Gasteiger partial charge in [-0.05, 0) is 12.1 Å². The molecular weight excluding hydrogens is 422 g/mol. The molecule has 3 N–H and O–H groups in total. The van der Waals surface area contributed by atoms with Crippen molar-refractivity contribution < 1.29 is 17.9 Å². The minimum absolute atomic E-state index is 0.153. The fraction of sp³-hybridized carbons (Fsp3) is 0.316. The standard InChI is InChI=1S/C19H21N7O4S/c27-14-3-1-2-13(12-14)16-17(26-10-11-30-19(26)24-16)15-4-5-20-18(23-15)21-6-8-25-9-7-22-31(25,28)29/h1-3,5,10-12,15,22,27H,4,6-9H2,(H,21,23). The Balaban J connectivity index is 1.40. The maximum Gasteiger partial charge on any atom is 0.306 e. The van der Waals surface area contributed by atoms with Gasteiger partial charge in [-0.15, -0.1) is 0 Å². The number of benzene rings is 1. The number of aromatic nitrogens is 2. The Morgan fingerprint density at radius 2 is 2.26 bits per heavy atom. The maximum absolute atomic E-state index is 11.8. The topological polar surface area (TPSA) is 137 Å². The number of hydrogen-bond acceptors (Lipinski definition) is 6. The van der Waals surface area contributed by atoms with E-state index in [9.17, 15) is 13.5 Å². The molecule has 12 heteroatoms. The van der Waals surface area contributed by atoms with E-state index in [-0.39, 0.29) is 18.3 Å².